The lowest BCUT2D eigenvalue weighted by Gasteiger charge is -2.29. The Labute approximate surface area is 122 Å². The molecule has 2 aromatic carbocycles. The first-order valence-corrected chi connectivity index (χ1v) is 6.73. The molecule has 0 spiro atoms. The number of carbonyl (C=O) groups is 1. The largest absolute Gasteiger partial charge is 0.508 e. The van der Waals surface area contributed by atoms with Gasteiger partial charge in [0, 0.05) is 18.8 Å². The molecule has 4 N–H and O–H groups in total. The molecule has 0 bridgehead atoms. The molecule has 0 unspecified atom stereocenters. The first kappa shape index (κ1) is 13.3. The van der Waals surface area contributed by atoms with Crippen molar-refractivity contribution in [1.82, 2.24) is 4.90 Å². The lowest BCUT2D eigenvalue weighted by atomic mass is 9.98. The van der Waals surface area contributed by atoms with Crippen molar-refractivity contribution in [3.8, 4) is 11.5 Å². The van der Waals surface area contributed by atoms with Gasteiger partial charge in [-0.3, -0.25) is 4.79 Å². The molecule has 0 radical (unpaired) electrons. The predicted molar refractivity (Wildman–Crippen MR) is 79.1 cm³/mol. The summed E-state index contributed by atoms with van der Waals surface area (Å²) in [4.78, 5) is 14.1. The summed E-state index contributed by atoms with van der Waals surface area (Å²) in [6.07, 6.45) is 0.751. The van der Waals surface area contributed by atoms with Crippen LogP contribution < -0.4 is 5.73 Å². The van der Waals surface area contributed by atoms with E-state index in [1.165, 1.54) is 23.8 Å². The minimum Gasteiger partial charge on any atom is -0.508 e. The summed E-state index contributed by atoms with van der Waals surface area (Å²) in [5.41, 5.74) is 8.78. The first-order chi connectivity index (χ1) is 10.0. The maximum atomic E-state index is 12.5. The van der Waals surface area contributed by atoms with Crippen LogP contribution in [-0.4, -0.2) is 27.6 Å². The van der Waals surface area contributed by atoms with Crippen molar-refractivity contribution in [2.24, 2.45) is 0 Å². The molecular weight excluding hydrogens is 268 g/mol. The second-order valence-electron chi connectivity index (χ2n) is 5.21. The van der Waals surface area contributed by atoms with E-state index in [-0.39, 0.29) is 23.0 Å². The van der Waals surface area contributed by atoms with Crippen LogP contribution >= 0.6 is 0 Å². The number of nitrogens with zero attached hydrogens (tertiary/aromatic N) is 1. The Morgan fingerprint density at radius 3 is 2.71 bits per heavy atom. The molecule has 2 aromatic rings. The summed E-state index contributed by atoms with van der Waals surface area (Å²) >= 11 is 0. The molecule has 0 fully saturated rings. The topological polar surface area (TPSA) is 86.8 Å². The number of benzene rings is 2. The molecule has 5 nitrogen and oxygen atoms in total. The van der Waals surface area contributed by atoms with Crippen molar-refractivity contribution >= 4 is 11.6 Å². The molecule has 21 heavy (non-hydrogen) atoms. The molecule has 1 aliphatic rings. The number of hydrogen-bond acceptors (Lipinski definition) is 4. The standard InChI is InChI=1S/C16H16N2O3/c17-12-2-1-10-5-6-18(9-11(10)7-12)16(21)14-8-13(19)3-4-15(14)20/h1-4,7-8,19-20H,5-6,9,17H2. The van der Waals surface area contributed by atoms with Gasteiger partial charge in [0.15, 0.2) is 0 Å². The molecule has 0 atom stereocenters. The van der Waals surface area contributed by atoms with Crippen molar-refractivity contribution < 1.29 is 15.0 Å². The number of nitrogens with two attached hydrogens (primary N) is 1. The van der Waals surface area contributed by atoms with Gasteiger partial charge < -0.3 is 20.8 Å². The third-order valence-electron chi connectivity index (χ3n) is 3.74. The first-order valence-electron chi connectivity index (χ1n) is 6.73. The molecule has 0 saturated carbocycles. The minimum absolute atomic E-state index is 0.0437. The monoisotopic (exact) mass is 284 g/mol. The average molecular weight is 284 g/mol. The molecule has 1 aliphatic heterocycles. The summed E-state index contributed by atoms with van der Waals surface area (Å²) < 4.78 is 0. The Morgan fingerprint density at radius 2 is 1.90 bits per heavy atom. The fourth-order valence-electron chi connectivity index (χ4n) is 2.62. The van der Waals surface area contributed by atoms with E-state index in [9.17, 15) is 15.0 Å². The number of aromatic hydroxyl groups is 2. The summed E-state index contributed by atoms with van der Waals surface area (Å²) in [6, 6.07) is 9.66. The number of anilines is 1. The van der Waals surface area contributed by atoms with Crippen molar-refractivity contribution in [1.29, 1.82) is 0 Å². The van der Waals surface area contributed by atoms with Crippen LogP contribution in [0.15, 0.2) is 36.4 Å². The van der Waals surface area contributed by atoms with Crippen molar-refractivity contribution in [3.05, 3.63) is 53.1 Å². The van der Waals surface area contributed by atoms with E-state index in [1.54, 1.807) is 4.90 Å². The Kier molecular flexibility index (Phi) is 3.17. The SMILES string of the molecule is Nc1ccc2c(c1)CN(C(=O)c1cc(O)ccc1O)CC2. The van der Waals surface area contributed by atoms with Gasteiger partial charge in [0.2, 0.25) is 0 Å². The smallest absolute Gasteiger partial charge is 0.258 e. The average Bonchev–Trinajstić information content (AvgIpc) is 2.48. The van der Waals surface area contributed by atoms with Crippen molar-refractivity contribution in [2.45, 2.75) is 13.0 Å². The van der Waals surface area contributed by atoms with Crippen LogP contribution in [0.1, 0.15) is 21.5 Å². The lowest BCUT2D eigenvalue weighted by molar-refractivity contribution is 0.0731. The van der Waals surface area contributed by atoms with E-state index < -0.39 is 0 Å². The third-order valence-corrected chi connectivity index (χ3v) is 3.74. The van der Waals surface area contributed by atoms with Crippen LogP contribution in [0.25, 0.3) is 0 Å². The van der Waals surface area contributed by atoms with E-state index in [2.05, 4.69) is 0 Å². The molecular formula is C16H16N2O3. The fraction of sp³-hybridized carbons (Fsp3) is 0.188. The lowest BCUT2D eigenvalue weighted by Crippen LogP contribution is -2.36. The number of hydrogen-bond donors (Lipinski definition) is 3. The summed E-state index contributed by atoms with van der Waals surface area (Å²) in [7, 11) is 0. The van der Waals surface area contributed by atoms with Gasteiger partial charge in [0.05, 0.1) is 5.56 Å². The third kappa shape index (κ3) is 2.50. The predicted octanol–water partition coefficient (Wildman–Crippen LogP) is 1.88. The highest BCUT2D eigenvalue weighted by Gasteiger charge is 2.24. The second-order valence-corrected chi connectivity index (χ2v) is 5.21. The highest BCUT2D eigenvalue weighted by atomic mass is 16.3. The van der Waals surface area contributed by atoms with Crippen LogP contribution in [0.2, 0.25) is 0 Å². The van der Waals surface area contributed by atoms with Crippen LogP contribution in [0.3, 0.4) is 0 Å². The van der Waals surface area contributed by atoms with E-state index in [1.807, 2.05) is 18.2 Å². The van der Waals surface area contributed by atoms with E-state index >= 15 is 0 Å². The molecule has 0 aromatic heterocycles. The number of nitrogen functional groups attached to an aromatic ring is 1. The number of carbonyl (C=O) groups excluding carboxylic acids is 1. The van der Waals surface area contributed by atoms with Crippen molar-refractivity contribution in [3.63, 3.8) is 0 Å². The molecule has 108 valence electrons. The Morgan fingerprint density at radius 1 is 1.10 bits per heavy atom. The molecule has 0 aliphatic carbocycles. The van der Waals surface area contributed by atoms with Gasteiger partial charge in [-0.1, -0.05) is 6.07 Å². The zero-order valence-corrected chi connectivity index (χ0v) is 11.4. The Balaban J connectivity index is 1.88. The Hall–Kier alpha value is -2.69. The van der Waals surface area contributed by atoms with E-state index in [4.69, 9.17) is 5.73 Å². The number of phenols is 2. The fourth-order valence-corrected chi connectivity index (χ4v) is 2.62. The van der Waals surface area contributed by atoms with E-state index in [0.29, 0.717) is 18.8 Å². The normalized spacial score (nSPS) is 13.8. The van der Waals surface area contributed by atoms with E-state index in [0.717, 1.165) is 12.0 Å². The zero-order chi connectivity index (χ0) is 15.0. The van der Waals surface area contributed by atoms with Crippen LogP contribution in [0, 0.1) is 0 Å². The van der Waals surface area contributed by atoms with Gasteiger partial charge in [0.25, 0.3) is 5.91 Å². The van der Waals surface area contributed by atoms with Crippen molar-refractivity contribution in [2.75, 3.05) is 12.3 Å². The second kappa shape index (κ2) is 5.01. The van der Waals surface area contributed by atoms with Gasteiger partial charge >= 0.3 is 0 Å². The molecule has 1 amide bonds. The van der Waals surface area contributed by atoms with Crippen LogP contribution in [0.4, 0.5) is 5.69 Å². The van der Waals surface area contributed by atoms with Gasteiger partial charge in [-0.05, 0) is 47.9 Å². The number of phenolic OH excluding ortho intramolecular Hbond substituents is 2. The van der Waals surface area contributed by atoms with Gasteiger partial charge in [-0.2, -0.15) is 0 Å². The number of rotatable bonds is 1. The van der Waals surface area contributed by atoms with Crippen LogP contribution in [-0.2, 0) is 13.0 Å². The molecule has 5 heteroatoms. The van der Waals surface area contributed by atoms with Gasteiger partial charge in [-0.25, -0.2) is 0 Å². The van der Waals surface area contributed by atoms with Gasteiger partial charge in [0.1, 0.15) is 11.5 Å². The van der Waals surface area contributed by atoms with Gasteiger partial charge in [-0.15, -0.1) is 0 Å². The quantitative estimate of drug-likeness (QED) is 0.551. The maximum absolute atomic E-state index is 12.5. The number of amides is 1. The molecule has 0 saturated heterocycles. The highest BCUT2D eigenvalue weighted by Crippen LogP contribution is 2.27. The summed E-state index contributed by atoms with van der Waals surface area (Å²) in [5, 5.41) is 19.3. The minimum atomic E-state index is -0.295. The van der Waals surface area contributed by atoms with Crippen LogP contribution in [0.5, 0.6) is 11.5 Å². The molecule has 1 heterocycles. The highest BCUT2D eigenvalue weighted by molar-refractivity contribution is 5.97. The number of fused-ring (bicyclic) bond motifs is 1. The summed E-state index contributed by atoms with van der Waals surface area (Å²) in [5.74, 6) is -0.467. The maximum Gasteiger partial charge on any atom is 0.258 e. The molecule has 3 rings (SSSR count). The summed E-state index contributed by atoms with van der Waals surface area (Å²) in [6.45, 7) is 1.03. The Bertz CT molecular complexity index is 713. The zero-order valence-electron chi connectivity index (χ0n) is 11.4.